The third-order valence-corrected chi connectivity index (χ3v) is 4.30. The molecule has 0 saturated heterocycles. The van der Waals surface area contributed by atoms with Crippen LogP contribution in [-0.4, -0.2) is 10.9 Å². The first kappa shape index (κ1) is 18.7. The van der Waals surface area contributed by atoms with Crippen molar-refractivity contribution in [3.63, 3.8) is 0 Å². The third kappa shape index (κ3) is 5.69. The van der Waals surface area contributed by atoms with Crippen LogP contribution < -0.4 is 16.4 Å². The molecule has 2 aromatic carbocycles. The highest BCUT2D eigenvalue weighted by Crippen LogP contribution is 2.17. The molecule has 0 fully saturated rings. The largest absolute Gasteiger partial charge is 0.397 e. The number of hydrogen-bond donors (Lipinski definition) is 3. The summed E-state index contributed by atoms with van der Waals surface area (Å²) in [5.74, 6) is 0.596. The van der Waals surface area contributed by atoms with Crippen molar-refractivity contribution in [3.8, 4) is 0 Å². The SMILES string of the molecule is Nc1ccccc1NC(=O)/C=C\c1ccc(CNc2ccc(Br)cn2)cc1. The Balaban J connectivity index is 1.53. The van der Waals surface area contributed by atoms with E-state index in [4.69, 9.17) is 5.73 Å². The molecule has 5 nitrogen and oxygen atoms in total. The smallest absolute Gasteiger partial charge is 0.248 e. The van der Waals surface area contributed by atoms with E-state index < -0.39 is 0 Å². The second-order valence-corrected chi connectivity index (χ2v) is 6.78. The van der Waals surface area contributed by atoms with Gasteiger partial charge in [0, 0.05) is 23.3 Å². The zero-order valence-electron chi connectivity index (χ0n) is 14.5. The van der Waals surface area contributed by atoms with Crippen molar-refractivity contribution in [1.82, 2.24) is 4.98 Å². The Bertz CT molecular complexity index is 937. The molecule has 27 heavy (non-hydrogen) atoms. The minimum Gasteiger partial charge on any atom is -0.397 e. The monoisotopic (exact) mass is 422 g/mol. The molecule has 0 aliphatic rings. The van der Waals surface area contributed by atoms with Crippen LogP contribution in [0.4, 0.5) is 17.2 Å². The van der Waals surface area contributed by atoms with Gasteiger partial charge in [0.1, 0.15) is 5.82 Å². The number of anilines is 3. The van der Waals surface area contributed by atoms with Gasteiger partial charge in [-0.2, -0.15) is 0 Å². The molecular formula is C21H19BrN4O. The molecule has 4 N–H and O–H groups in total. The number of aromatic nitrogens is 1. The Morgan fingerprint density at radius 2 is 1.85 bits per heavy atom. The Morgan fingerprint density at radius 1 is 1.07 bits per heavy atom. The van der Waals surface area contributed by atoms with Crippen LogP contribution in [0.3, 0.4) is 0 Å². The number of para-hydroxylation sites is 2. The van der Waals surface area contributed by atoms with Gasteiger partial charge in [0.2, 0.25) is 5.91 Å². The van der Waals surface area contributed by atoms with Crippen molar-refractivity contribution in [2.45, 2.75) is 6.54 Å². The van der Waals surface area contributed by atoms with E-state index >= 15 is 0 Å². The lowest BCUT2D eigenvalue weighted by Crippen LogP contribution is -2.09. The molecule has 1 heterocycles. The number of hydrogen-bond acceptors (Lipinski definition) is 4. The minimum absolute atomic E-state index is 0.222. The number of benzene rings is 2. The molecular weight excluding hydrogens is 404 g/mol. The molecule has 3 rings (SSSR count). The molecule has 0 radical (unpaired) electrons. The number of rotatable bonds is 6. The summed E-state index contributed by atoms with van der Waals surface area (Å²) in [5, 5.41) is 6.03. The van der Waals surface area contributed by atoms with Gasteiger partial charge in [-0.1, -0.05) is 36.4 Å². The predicted octanol–water partition coefficient (Wildman–Crippen LogP) is 4.69. The third-order valence-electron chi connectivity index (χ3n) is 3.83. The molecule has 0 atom stereocenters. The predicted molar refractivity (Wildman–Crippen MR) is 114 cm³/mol. The summed E-state index contributed by atoms with van der Waals surface area (Å²) in [5.41, 5.74) is 9.03. The quantitative estimate of drug-likeness (QED) is 0.397. The molecule has 1 amide bonds. The first-order chi connectivity index (χ1) is 13.1. The van der Waals surface area contributed by atoms with Crippen LogP contribution in [0.15, 0.2) is 77.4 Å². The molecule has 0 aliphatic carbocycles. The van der Waals surface area contributed by atoms with Gasteiger partial charge in [-0.3, -0.25) is 4.79 Å². The zero-order chi connectivity index (χ0) is 19.1. The zero-order valence-corrected chi connectivity index (χ0v) is 16.1. The maximum Gasteiger partial charge on any atom is 0.248 e. The first-order valence-corrected chi connectivity index (χ1v) is 9.17. The van der Waals surface area contributed by atoms with Crippen molar-refractivity contribution in [1.29, 1.82) is 0 Å². The standard InChI is InChI=1S/C21H19BrN4O/c22-17-10-11-20(25-14-17)24-13-16-7-5-15(6-8-16)9-12-21(27)26-19-4-2-1-3-18(19)23/h1-12,14H,13,23H2,(H,24,25)(H,26,27)/b12-9-. The molecule has 6 heteroatoms. The van der Waals surface area contributed by atoms with E-state index in [1.807, 2.05) is 48.5 Å². The van der Waals surface area contributed by atoms with E-state index in [1.54, 1.807) is 24.4 Å². The lowest BCUT2D eigenvalue weighted by molar-refractivity contribution is -0.111. The van der Waals surface area contributed by atoms with Crippen LogP contribution in [0.5, 0.6) is 0 Å². The minimum atomic E-state index is -0.222. The van der Waals surface area contributed by atoms with Crippen molar-refractivity contribution in [3.05, 3.63) is 88.5 Å². The van der Waals surface area contributed by atoms with Crippen LogP contribution in [-0.2, 0) is 11.3 Å². The number of nitrogens with zero attached hydrogens (tertiary/aromatic N) is 1. The van der Waals surface area contributed by atoms with Crippen LogP contribution in [0.1, 0.15) is 11.1 Å². The van der Waals surface area contributed by atoms with E-state index in [-0.39, 0.29) is 5.91 Å². The Hall–Kier alpha value is -3.12. The van der Waals surface area contributed by atoms with Crippen LogP contribution >= 0.6 is 15.9 Å². The lowest BCUT2D eigenvalue weighted by Gasteiger charge is -2.06. The van der Waals surface area contributed by atoms with E-state index in [1.165, 1.54) is 6.08 Å². The molecule has 3 aromatic rings. The van der Waals surface area contributed by atoms with Crippen molar-refractivity contribution in [2.24, 2.45) is 0 Å². The molecule has 0 spiro atoms. The van der Waals surface area contributed by atoms with Gasteiger partial charge >= 0.3 is 0 Å². The van der Waals surface area contributed by atoms with Gasteiger partial charge in [-0.25, -0.2) is 4.98 Å². The first-order valence-electron chi connectivity index (χ1n) is 8.38. The number of nitrogen functional groups attached to an aromatic ring is 1. The highest BCUT2D eigenvalue weighted by atomic mass is 79.9. The number of nitrogens with one attached hydrogen (secondary N) is 2. The topological polar surface area (TPSA) is 80.0 Å². The highest BCUT2D eigenvalue weighted by molar-refractivity contribution is 9.10. The van der Waals surface area contributed by atoms with E-state index in [9.17, 15) is 4.79 Å². The lowest BCUT2D eigenvalue weighted by atomic mass is 10.1. The van der Waals surface area contributed by atoms with E-state index in [0.717, 1.165) is 21.4 Å². The van der Waals surface area contributed by atoms with Gasteiger partial charge in [-0.15, -0.1) is 0 Å². The highest BCUT2D eigenvalue weighted by Gasteiger charge is 2.01. The summed E-state index contributed by atoms with van der Waals surface area (Å²) in [4.78, 5) is 16.3. The Morgan fingerprint density at radius 3 is 2.56 bits per heavy atom. The average molecular weight is 423 g/mol. The molecule has 0 bridgehead atoms. The van der Waals surface area contributed by atoms with Crippen LogP contribution in [0.25, 0.3) is 6.08 Å². The second-order valence-electron chi connectivity index (χ2n) is 5.87. The number of amides is 1. The van der Waals surface area contributed by atoms with Gasteiger partial charge in [0.05, 0.1) is 11.4 Å². The summed E-state index contributed by atoms with van der Waals surface area (Å²) >= 11 is 3.36. The Kier molecular flexibility index (Phi) is 6.22. The fourth-order valence-corrected chi connectivity index (χ4v) is 2.61. The van der Waals surface area contributed by atoms with E-state index in [0.29, 0.717) is 17.9 Å². The van der Waals surface area contributed by atoms with Crippen molar-refractivity contribution in [2.75, 3.05) is 16.4 Å². The van der Waals surface area contributed by atoms with Crippen LogP contribution in [0.2, 0.25) is 0 Å². The van der Waals surface area contributed by atoms with Gasteiger partial charge in [0.25, 0.3) is 0 Å². The normalized spacial score (nSPS) is 10.7. The molecule has 0 aliphatic heterocycles. The van der Waals surface area contributed by atoms with Gasteiger partial charge < -0.3 is 16.4 Å². The maximum absolute atomic E-state index is 12.0. The van der Waals surface area contributed by atoms with Crippen molar-refractivity contribution < 1.29 is 4.79 Å². The maximum atomic E-state index is 12.0. The fourth-order valence-electron chi connectivity index (χ4n) is 2.38. The van der Waals surface area contributed by atoms with Gasteiger partial charge in [0.15, 0.2) is 0 Å². The van der Waals surface area contributed by atoms with E-state index in [2.05, 4.69) is 31.5 Å². The summed E-state index contributed by atoms with van der Waals surface area (Å²) in [7, 11) is 0. The molecule has 1 aromatic heterocycles. The number of nitrogens with two attached hydrogens (primary N) is 1. The van der Waals surface area contributed by atoms with Crippen molar-refractivity contribution >= 4 is 45.1 Å². The molecule has 136 valence electrons. The fraction of sp³-hybridized carbons (Fsp3) is 0.0476. The number of carbonyl (C=O) groups excluding carboxylic acids is 1. The number of carbonyl (C=O) groups is 1. The summed E-state index contributed by atoms with van der Waals surface area (Å²) in [6.07, 6.45) is 5.01. The summed E-state index contributed by atoms with van der Waals surface area (Å²) < 4.78 is 0.947. The van der Waals surface area contributed by atoms with Crippen LogP contribution in [0, 0.1) is 0 Å². The van der Waals surface area contributed by atoms with Gasteiger partial charge in [-0.05, 0) is 57.4 Å². The number of pyridine rings is 1. The second kappa shape index (κ2) is 9.00. The summed E-state index contributed by atoms with van der Waals surface area (Å²) in [6.45, 7) is 0.673. The summed E-state index contributed by atoms with van der Waals surface area (Å²) in [6, 6.07) is 19.0. The average Bonchev–Trinajstić information content (AvgIpc) is 2.68. The molecule has 0 saturated carbocycles. The Labute approximate surface area is 166 Å². The number of halogens is 1. The molecule has 0 unspecified atom stereocenters.